The number of aromatic nitrogens is 4. The fourth-order valence-electron chi connectivity index (χ4n) is 2.74. The van der Waals surface area contributed by atoms with Crippen LogP contribution in [0.5, 0.6) is 0 Å². The Hall–Kier alpha value is -3.39. The van der Waals surface area contributed by atoms with Crippen LogP contribution in [0.25, 0.3) is 0 Å². The van der Waals surface area contributed by atoms with Crippen LogP contribution in [0.2, 0.25) is 5.02 Å². The second kappa shape index (κ2) is 8.32. The van der Waals surface area contributed by atoms with Gasteiger partial charge in [-0.3, -0.25) is 9.48 Å². The van der Waals surface area contributed by atoms with Crippen LogP contribution >= 0.6 is 11.6 Å². The van der Waals surface area contributed by atoms with E-state index in [4.69, 9.17) is 11.6 Å². The summed E-state index contributed by atoms with van der Waals surface area (Å²) in [4.78, 5) is 20.2. The lowest BCUT2D eigenvalue weighted by Crippen LogP contribution is -2.07. The second-order valence-electron chi connectivity index (χ2n) is 6.81. The summed E-state index contributed by atoms with van der Waals surface area (Å²) in [5.41, 5.74) is 2.16. The van der Waals surface area contributed by atoms with Crippen LogP contribution in [0.3, 0.4) is 0 Å². The summed E-state index contributed by atoms with van der Waals surface area (Å²) >= 11 is 6.25. The minimum Gasteiger partial charge on any atom is -0.339 e. The average Bonchev–Trinajstić information content (AvgIpc) is 3.42. The number of halogens is 1. The van der Waals surface area contributed by atoms with Crippen LogP contribution in [-0.2, 0) is 11.3 Å². The zero-order chi connectivity index (χ0) is 20.2. The quantitative estimate of drug-likeness (QED) is 0.478. The van der Waals surface area contributed by atoms with Crippen molar-refractivity contribution in [1.82, 2.24) is 19.7 Å². The van der Waals surface area contributed by atoms with Gasteiger partial charge in [0.05, 0.1) is 18.1 Å². The van der Waals surface area contributed by atoms with E-state index in [2.05, 4.69) is 37.6 Å². The molecule has 1 saturated carbocycles. The first kappa shape index (κ1) is 18.9. The van der Waals surface area contributed by atoms with E-state index in [0.29, 0.717) is 22.5 Å². The molecule has 2 aromatic heterocycles. The van der Waals surface area contributed by atoms with Gasteiger partial charge in [0.1, 0.15) is 5.02 Å². The largest absolute Gasteiger partial charge is 0.339 e. The third-order valence-electron chi connectivity index (χ3n) is 4.35. The maximum Gasteiger partial charge on any atom is 0.247 e. The molecule has 29 heavy (non-hydrogen) atoms. The Balaban J connectivity index is 1.46. The van der Waals surface area contributed by atoms with Crippen LogP contribution in [0.15, 0.2) is 55.5 Å². The highest BCUT2D eigenvalue weighted by Crippen LogP contribution is 2.31. The van der Waals surface area contributed by atoms with Gasteiger partial charge in [-0.15, -0.1) is 0 Å². The van der Waals surface area contributed by atoms with E-state index in [1.165, 1.54) is 25.1 Å². The zero-order valence-electron chi connectivity index (χ0n) is 15.6. The number of nitrogens with zero attached hydrogens (tertiary/aromatic N) is 4. The minimum absolute atomic E-state index is 0.282. The SMILES string of the molecule is C=CC(=O)Nc1cccc(Nc2nc(Nc3cnn(CC4CC4)c3)ncc2Cl)c1. The molecule has 2 heterocycles. The number of amides is 1. The smallest absolute Gasteiger partial charge is 0.247 e. The molecule has 1 amide bonds. The van der Waals surface area contributed by atoms with Crippen molar-refractivity contribution in [1.29, 1.82) is 0 Å². The summed E-state index contributed by atoms with van der Waals surface area (Å²) in [5.74, 6) is 1.31. The Bertz CT molecular complexity index is 1040. The number of hydrogen-bond acceptors (Lipinski definition) is 6. The maximum absolute atomic E-state index is 11.5. The molecule has 0 radical (unpaired) electrons. The normalized spacial score (nSPS) is 13.0. The first-order valence-electron chi connectivity index (χ1n) is 9.21. The summed E-state index contributed by atoms with van der Waals surface area (Å²) in [6, 6.07) is 7.20. The van der Waals surface area contributed by atoms with E-state index in [1.807, 2.05) is 23.0 Å². The fraction of sp³-hybridized carbons (Fsp3) is 0.200. The molecule has 0 saturated heterocycles. The molecule has 4 rings (SSSR count). The number of nitrogens with one attached hydrogen (secondary N) is 3. The van der Waals surface area contributed by atoms with E-state index in [-0.39, 0.29) is 5.91 Å². The number of carbonyl (C=O) groups is 1. The molecule has 1 aromatic carbocycles. The fourth-order valence-corrected chi connectivity index (χ4v) is 2.88. The summed E-state index contributed by atoms with van der Waals surface area (Å²) in [6.45, 7) is 4.39. The van der Waals surface area contributed by atoms with Crippen LogP contribution in [0, 0.1) is 5.92 Å². The van der Waals surface area contributed by atoms with Crippen LogP contribution < -0.4 is 16.0 Å². The summed E-state index contributed by atoms with van der Waals surface area (Å²) < 4.78 is 1.93. The molecule has 3 aromatic rings. The van der Waals surface area contributed by atoms with Gasteiger partial charge in [0.15, 0.2) is 5.82 Å². The van der Waals surface area contributed by atoms with Crippen LogP contribution in [-0.4, -0.2) is 25.7 Å². The van der Waals surface area contributed by atoms with E-state index < -0.39 is 0 Å². The molecule has 0 bridgehead atoms. The van der Waals surface area contributed by atoms with Crippen molar-refractivity contribution in [3.05, 3.63) is 60.5 Å². The first-order valence-corrected chi connectivity index (χ1v) is 9.59. The molecular weight excluding hydrogens is 390 g/mol. The molecule has 0 unspecified atom stereocenters. The predicted octanol–water partition coefficient (Wildman–Crippen LogP) is 4.35. The van der Waals surface area contributed by atoms with Gasteiger partial charge in [-0.1, -0.05) is 24.2 Å². The molecule has 0 atom stereocenters. The molecular formula is C20H20ClN7O. The Morgan fingerprint density at radius 2 is 2.07 bits per heavy atom. The highest BCUT2D eigenvalue weighted by molar-refractivity contribution is 6.32. The predicted molar refractivity (Wildman–Crippen MR) is 114 cm³/mol. The van der Waals surface area contributed by atoms with Gasteiger partial charge < -0.3 is 16.0 Å². The number of anilines is 5. The van der Waals surface area contributed by atoms with E-state index in [1.54, 1.807) is 18.3 Å². The summed E-state index contributed by atoms with van der Waals surface area (Å²) in [7, 11) is 0. The molecule has 0 aliphatic heterocycles. The first-order chi connectivity index (χ1) is 14.1. The van der Waals surface area contributed by atoms with Gasteiger partial charge in [-0.25, -0.2) is 4.98 Å². The number of carbonyl (C=O) groups excluding carboxylic acids is 1. The number of hydrogen-bond donors (Lipinski definition) is 3. The third-order valence-corrected chi connectivity index (χ3v) is 4.63. The van der Waals surface area contributed by atoms with Crippen molar-refractivity contribution in [3.63, 3.8) is 0 Å². The zero-order valence-corrected chi connectivity index (χ0v) is 16.4. The molecule has 3 N–H and O–H groups in total. The molecule has 1 aliphatic carbocycles. The Morgan fingerprint density at radius 1 is 1.24 bits per heavy atom. The number of rotatable bonds is 8. The Morgan fingerprint density at radius 3 is 2.86 bits per heavy atom. The second-order valence-corrected chi connectivity index (χ2v) is 7.22. The van der Waals surface area contributed by atoms with Crippen molar-refractivity contribution in [3.8, 4) is 0 Å². The average molecular weight is 410 g/mol. The molecule has 9 heteroatoms. The minimum atomic E-state index is -0.282. The lowest BCUT2D eigenvalue weighted by Gasteiger charge is -2.11. The highest BCUT2D eigenvalue weighted by atomic mass is 35.5. The molecule has 8 nitrogen and oxygen atoms in total. The van der Waals surface area contributed by atoms with Crippen molar-refractivity contribution in [2.24, 2.45) is 5.92 Å². The van der Waals surface area contributed by atoms with Crippen LogP contribution in [0.1, 0.15) is 12.8 Å². The molecule has 0 spiro atoms. The van der Waals surface area contributed by atoms with E-state index >= 15 is 0 Å². The van der Waals surface area contributed by atoms with Crippen LogP contribution in [0.4, 0.5) is 28.8 Å². The van der Waals surface area contributed by atoms with Crippen molar-refractivity contribution < 1.29 is 4.79 Å². The standard InChI is InChI=1S/C20H20ClN7O/c1-2-18(29)24-14-4-3-5-15(8-14)25-19-17(21)10-22-20(27-19)26-16-9-23-28(12-16)11-13-6-7-13/h2-5,8-10,12-13H,1,6-7,11H2,(H,24,29)(H2,22,25,26,27). The van der Waals surface area contributed by atoms with Gasteiger partial charge in [-0.2, -0.15) is 10.1 Å². The maximum atomic E-state index is 11.5. The monoisotopic (exact) mass is 409 g/mol. The van der Waals surface area contributed by atoms with Gasteiger partial charge in [-0.05, 0) is 43.0 Å². The topological polar surface area (TPSA) is 96.8 Å². The van der Waals surface area contributed by atoms with Gasteiger partial charge in [0, 0.05) is 24.1 Å². The summed E-state index contributed by atoms with van der Waals surface area (Å²) in [6.07, 6.45) is 8.98. The molecule has 1 fully saturated rings. The lowest BCUT2D eigenvalue weighted by molar-refractivity contribution is -0.111. The molecule has 148 valence electrons. The van der Waals surface area contributed by atoms with Crippen molar-refractivity contribution in [2.75, 3.05) is 16.0 Å². The Labute approximate surface area is 173 Å². The third kappa shape index (κ3) is 5.11. The van der Waals surface area contributed by atoms with Gasteiger partial charge >= 0.3 is 0 Å². The molecule has 1 aliphatic rings. The van der Waals surface area contributed by atoms with E-state index in [9.17, 15) is 4.79 Å². The Kier molecular flexibility index (Phi) is 5.44. The highest BCUT2D eigenvalue weighted by Gasteiger charge is 2.22. The number of benzene rings is 1. The summed E-state index contributed by atoms with van der Waals surface area (Å²) in [5, 5.41) is 13.7. The van der Waals surface area contributed by atoms with Gasteiger partial charge in [0.25, 0.3) is 0 Å². The lowest BCUT2D eigenvalue weighted by atomic mass is 10.2. The van der Waals surface area contributed by atoms with E-state index in [0.717, 1.165) is 23.8 Å². The van der Waals surface area contributed by atoms with Gasteiger partial charge in [0.2, 0.25) is 11.9 Å². The van der Waals surface area contributed by atoms with Crippen molar-refractivity contribution >= 4 is 46.3 Å². The van der Waals surface area contributed by atoms with Crippen molar-refractivity contribution in [2.45, 2.75) is 19.4 Å².